The molecule has 24 heavy (non-hydrogen) atoms. The molecule has 0 bridgehead atoms. The van der Waals surface area contributed by atoms with E-state index in [9.17, 15) is 13.6 Å². The molecule has 1 aromatic carbocycles. The lowest BCUT2D eigenvalue weighted by Crippen LogP contribution is -2.34. The maximum Gasteiger partial charge on any atom is 0.586 e. The molecule has 3 aliphatic rings. The summed E-state index contributed by atoms with van der Waals surface area (Å²) in [5, 5.41) is 0. The predicted octanol–water partition coefficient (Wildman–Crippen LogP) is 2.45. The number of rotatable bonds is 4. The molecule has 1 amide bonds. The van der Waals surface area contributed by atoms with Crippen molar-refractivity contribution in [2.75, 3.05) is 26.2 Å². The Labute approximate surface area is 139 Å². The average molecular weight is 338 g/mol. The predicted molar refractivity (Wildman–Crippen MR) is 81.8 cm³/mol. The van der Waals surface area contributed by atoms with Crippen molar-refractivity contribution < 1.29 is 23.0 Å². The number of ether oxygens (including phenoxy) is 2. The molecule has 2 fully saturated rings. The van der Waals surface area contributed by atoms with Gasteiger partial charge in [0.1, 0.15) is 0 Å². The first-order chi connectivity index (χ1) is 11.5. The van der Waals surface area contributed by atoms with E-state index in [-0.39, 0.29) is 17.4 Å². The number of nitrogens with zero attached hydrogens (tertiary/aromatic N) is 2. The normalized spacial score (nSPS) is 23.4. The molecule has 0 radical (unpaired) electrons. The van der Waals surface area contributed by atoms with E-state index in [1.807, 2.05) is 4.90 Å². The van der Waals surface area contributed by atoms with Crippen LogP contribution in [0.2, 0.25) is 0 Å². The highest BCUT2D eigenvalue weighted by molar-refractivity contribution is 5.76. The van der Waals surface area contributed by atoms with E-state index < -0.39 is 6.29 Å². The SMILES string of the molecule is O=C1CCN(Cc2ccc3c(c2)OC(F)(F)O3)CCN1CC1CC1. The van der Waals surface area contributed by atoms with Crippen LogP contribution in [0, 0.1) is 5.92 Å². The van der Waals surface area contributed by atoms with Gasteiger partial charge in [0.15, 0.2) is 11.5 Å². The first-order valence-electron chi connectivity index (χ1n) is 8.37. The van der Waals surface area contributed by atoms with Gasteiger partial charge in [0, 0.05) is 39.1 Å². The highest BCUT2D eigenvalue weighted by atomic mass is 19.3. The van der Waals surface area contributed by atoms with E-state index in [2.05, 4.69) is 14.4 Å². The molecule has 2 aliphatic heterocycles. The van der Waals surface area contributed by atoms with E-state index in [4.69, 9.17) is 0 Å². The van der Waals surface area contributed by atoms with Gasteiger partial charge in [-0.05, 0) is 36.5 Å². The zero-order valence-electron chi connectivity index (χ0n) is 13.3. The fourth-order valence-electron chi connectivity index (χ4n) is 3.22. The molecule has 4 rings (SSSR count). The smallest absolute Gasteiger partial charge is 0.395 e. The minimum Gasteiger partial charge on any atom is -0.395 e. The standard InChI is InChI=1S/C17H20F2N2O3/c18-17(19)23-14-4-3-13(9-15(14)24-17)10-20-6-5-16(22)21(8-7-20)11-12-1-2-12/h3-4,9,12H,1-2,5-8,10-11H2. The largest absolute Gasteiger partial charge is 0.586 e. The number of benzene rings is 1. The third-order valence-electron chi connectivity index (χ3n) is 4.73. The van der Waals surface area contributed by atoms with Crippen molar-refractivity contribution in [1.82, 2.24) is 9.80 Å². The Bertz CT molecular complexity index is 649. The summed E-state index contributed by atoms with van der Waals surface area (Å²) in [7, 11) is 0. The third-order valence-corrected chi connectivity index (χ3v) is 4.73. The number of carbonyl (C=O) groups excluding carboxylic acids is 1. The lowest BCUT2D eigenvalue weighted by molar-refractivity contribution is -0.286. The van der Waals surface area contributed by atoms with Gasteiger partial charge in [-0.3, -0.25) is 9.69 Å². The summed E-state index contributed by atoms with van der Waals surface area (Å²) in [5.74, 6) is 1.04. The van der Waals surface area contributed by atoms with Gasteiger partial charge in [0.25, 0.3) is 0 Å². The molecular weight excluding hydrogens is 318 g/mol. The monoisotopic (exact) mass is 338 g/mol. The highest BCUT2D eigenvalue weighted by Crippen LogP contribution is 2.41. The van der Waals surface area contributed by atoms with Crippen LogP contribution in [0.3, 0.4) is 0 Å². The van der Waals surface area contributed by atoms with Gasteiger partial charge in [-0.2, -0.15) is 0 Å². The van der Waals surface area contributed by atoms with Crippen LogP contribution in [-0.2, 0) is 11.3 Å². The van der Waals surface area contributed by atoms with Crippen LogP contribution >= 0.6 is 0 Å². The van der Waals surface area contributed by atoms with Crippen LogP contribution in [0.1, 0.15) is 24.8 Å². The van der Waals surface area contributed by atoms with Crippen LogP contribution in [0.25, 0.3) is 0 Å². The summed E-state index contributed by atoms with van der Waals surface area (Å²) in [6, 6.07) is 4.86. The van der Waals surface area contributed by atoms with Crippen LogP contribution in [0.4, 0.5) is 8.78 Å². The first kappa shape index (κ1) is 15.6. The van der Waals surface area contributed by atoms with Crippen molar-refractivity contribution in [3.05, 3.63) is 23.8 Å². The second-order valence-corrected chi connectivity index (χ2v) is 6.76. The molecule has 7 heteroatoms. The summed E-state index contributed by atoms with van der Waals surface area (Å²) < 4.78 is 35.1. The molecule has 5 nitrogen and oxygen atoms in total. The molecule has 1 saturated heterocycles. The van der Waals surface area contributed by atoms with Crippen LogP contribution in [0.5, 0.6) is 11.5 Å². The number of halogens is 2. The van der Waals surface area contributed by atoms with Gasteiger partial charge in [0.2, 0.25) is 5.91 Å². The average Bonchev–Trinajstić information content (AvgIpc) is 3.30. The molecule has 0 spiro atoms. The topological polar surface area (TPSA) is 42.0 Å². The van der Waals surface area contributed by atoms with Crippen LogP contribution in [-0.4, -0.2) is 48.2 Å². The quantitative estimate of drug-likeness (QED) is 0.846. The Morgan fingerprint density at radius 2 is 1.92 bits per heavy atom. The maximum atomic E-state index is 13.1. The van der Waals surface area contributed by atoms with E-state index in [1.54, 1.807) is 12.1 Å². The van der Waals surface area contributed by atoms with Crippen molar-refractivity contribution in [3.8, 4) is 11.5 Å². The maximum absolute atomic E-state index is 13.1. The third kappa shape index (κ3) is 3.45. The van der Waals surface area contributed by atoms with Crippen molar-refractivity contribution in [2.24, 2.45) is 5.92 Å². The van der Waals surface area contributed by atoms with Gasteiger partial charge >= 0.3 is 6.29 Å². The molecule has 0 unspecified atom stereocenters. The fraction of sp³-hybridized carbons (Fsp3) is 0.588. The molecule has 1 aromatic rings. The zero-order chi connectivity index (χ0) is 16.7. The Balaban J connectivity index is 1.38. The van der Waals surface area contributed by atoms with E-state index in [1.165, 1.54) is 18.9 Å². The van der Waals surface area contributed by atoms with Crippen molar-refractivity contribution in [1.29, 1.82) is 0 Å². The lowest BCUT2D eigenvalue weighted by atomic mass is 10.2. The molecule has 1 aliphatic carbocycles. The van der Waals surface area contributed by atoms with Crippen molar-refractivity contribution in [3.63, 3.8) is 0 Å². The summed E-state index contributed by atoms with van der Waals surface area (Å²) in [4.78, 5) is 16.3. The number of fused-ring (bicyclic) bond motifs is 1. The number of hydrogen-bond acceptors (Lipinski definition) is 4. The Morgan fingerprint density at radius 1 is 1.12 bits per heavy atom. The number of hydrogen-bond donors (Lipinski definition) is 0. The van der Waals surface area contributed by atoms with Gasteiger partial charge in [-0.25, -0.2) is 0 Å². The minimum atomic E-state index is -3.58. The molecule has 0 N–H and O–H groups in total. The summed E-state index contributed by atoms with van der Waals surface area (Å²) in [6.07, 6.45) is -0.612. The number of alkyl halides is 2. The number of carbonyl (C=O) groups is 1. The van der Waals surface area contributed by atoms with Gasteiger partial charge < -0.3 is 14.4 Å². The van der Waals surface area contributed by atoms with Gasteiger partial charge in [0.05, 0.1) is 0 Å². The zero-order valence-corrected chi connectivity index (χ0v) is 13.3. The van der Waals surface area contributed by atoms with Gasteiger partial charge in [-0.15, -0.1) is 8.78 Å². The first-order valence-corrected chi connectivity index (χ1v) is 8.37. The Hall–Kier alpha value is -1.89. The summed E-state index contributed by atoms with van der Waals surface area (Å²) >= 11 is 0. The molecular formula is C17H20F2N2O3. The molecule has 2 heterocycles. The van der Waals surface area contributed by atoms with E-state index in [0.717, 1.165) is 25.2 Å². The second kappa shape index (κ2) is 5.88. The lowest BCUT2D eigenvalue weighted by Gasteiger charge is -2.22. The Morgan fingerprint density at radius 3 is 2.71 bits per heavy atom. The minimum absolute atomic E-state index is 0.0606. The van der Waals surface area contributed by atoms with Gasteiger partial charge in [-0.1, -0.05) is 6.07 Å². The molecule has 0 atom stereocenters. The fourth-order valence-corrected chi connectivity index (χ4v) is 3.22. The van der Waals surface area contributed by atoms with E-state index in [0.29, 0.717) is 25.4 Å². The summed E-state index contributed by atoms with van der Waals surface area (Å²) in [6.45, 7) is 3.70. The van der Waals surface area contributed by atoms with E-state index >= 15 is 0 Å². The van der Waals surface area contributed by atoms with Crippen LogP contribution < -0.4 is 9.47 Å². The highest BCUT2D eigenvalue weighted by Gasteiger charge is 2.43. The second-order valence-electron chi connectivity index (χ2n) is 6.76. The Kier molecular flexibility index (Phi) is 3.83. The molecule has 0 aromatic heterocycles. The number of amides is 1. The van der Waals surface area contributed by atoms with Crippen molar-refractivity contribution >= 4 is 5.91 Å². The summed E-state index contributed by atoms with van der Waals surface area (Å²) in [5.41, 5.74) is 0.873. The van der Waals surface area contributed by atoms with Crippen molar-refractivity contribution in [2.45, 2.75) is 32.1 Å². The molecule has 1 saturated carbocycles. The molecule has 130 valence electrons. The van der Waals surface area contributed by atoms with Crippen LogP contribution in [0.15, 0.2) is 18.2 Å².